The molecule has 1 fully saturated rings. The van der Waals surface area contributed by atoms with Crippen LogP contribution in [0.25, 0.3) is 5.69 Å². The predicted molar refractivity (Wildman–Crippen MR) is 114 cm³/mol. The summed E-state index contributed by atoms with van der Waals surface area (Å²) in [7, 11) is 0. The van der Waals surface area contributed by atoms with Crippen LogP contribution in [0.5, 0.6) is 0 Å². The minimum Gasteiger partial charge on any atom is -0.334 e. The minimum absolute atomic E-state index is 0.00468. The molecule has 2 aromatic carbocycles. The highest BCUT2D eigenvalue weighted by molar-refractivity contribution is 5.99. The van der Waals surface area contributed by atoms with E-state index in [1.807, 2.05) is 78.2 Å². The fraction of sp³-hybridized carbons (Fsp3) is 0.292. The molecule has 1 saturated heterocycles. The van der Waals surface area contributed by atoms with Crippen molar-refractivity contribution in [3.05, 3.63) is 82.7 Å². The Labute approximate surface area is 175 Å². The van der Waals surface area contributed by atoms with Crippen molar-refractivity contribution in [3.63, 3.8) is 0 Å². The van der Waals surface area contributed by atoms with Crippen LogP contribution in [0.2, 0.25) is 0 Å². The molecule has 6 heteroatoms. The highest BCUT2D eigenvalue weighted by atomic mass is 16.2. The molecule has 1 atom stereocenters. The Morgan fingerprint density at radius 1 is 1.00 bits per heavy atom. The Bertz CT molecular complexity index is 1150. The first-order valence-corrected chi connectivity index (χ1v) is 10.3. The summed E-state index contributed by atoms with van der Waals surface area (Å²) in [5, 5.41) is 4.64. The van der Waals surface area contributed by atoms with Crippen LogP contribution in [-0.2, 0) is 0 Å². The van der Waals surface area contributed by atoms with Crippen LogP contribution < -0.4 is 0 Å². The smallest absolute Gasteiger partial charge is 0.273 e. The monoisotopic (exact) mass is 400 g/mol. The van der Waals surface area contributed by atoms with E-state index in [4.69, 9.17) is 0 Å². The van der Waals surface area contributed by atoms with Gasteiger partial charge in [0.1, 0.15) is 5.69 Å². The van der Waals surface area contributed by atoms with Crippen molar-refractivity contribution in [1.82, 2.24) is 19.6 Å². The second-order valence-electron chi connectivity index (χ2n) is 8.16. The number of hydrogen-bond acceptors (Lipinski definition) is 3. The first-order chi connectivity index (χ1) is 14.5. The molecule has 0 bridgehead atoms. The van der Waals surface area contributed by atoms with Gasteiger partial charge in [-0.15, -0.1) is 0 Å². The van der Waals surface area contributed by atoms with Gasteiger partial charge in [0.2, 0.25) is 0 Å². The molecule has 2 aliphatic heterocycles. The third kappa shape index (κ3) is 2.67. The lowest BCUT2D eigenvalue weighted by Gasteiger charge is -2.45. The number of aryl methyl sites for hydroxylation is 2. The van der Waals surface area contributed by atoms with Gasteiger partial charge in [-0.1, -0.05) is 36.4 Å². The molecule has 3 aromatic rings. The van der Waals surface area contributed by atoms with E-state index in [2.05, 4.69) is 12.0 Å². The van der Waals surface area contributed by atoms with Gasteiger partial charge in [0.25, 0.3) is 11.8 Å². The predicted octanol–water partition coefficient (Wildman–Crippen LogP) is 3.53. The molecule has 6 nitrogen and oxygen atoms in total. The van der Waals surface area contributed by atoms with Crippen molar-refractivity contribution in [2.24, 2.45) is 0 Å². The summed E-state index contributed by atoms with van der Waals surface area (Å²) in [5.41, 5.74) is 5.11. The van der Waals surface area contributed by atoms with Crippen LogP contribution in [-0.4, -0.2) is 50.5 Å². The van der Waals surface area contributed by atoms with Gasteiger partial charge in [0, 0.05) is 24.2 Å². The number of para-hydroxylation sites is 1. The second-order valence-corrected chi connectivity index (χ2v) is 8.16. The first-order valence-electron chi connectivity index (χ1n) is 10.3. The number of amides is 2. The van der Waals surface area contributed by atoms with E-state index >= 15 is 0 Å². The van der Waals surface area contributed by atoms with Gasteiger partial charge in [-0.25, -0.2) is 4.68 Å². The summed E-state index contributed by atoms with van der Waals surface area (Å²) in [6.45, 7) is 7.09. The van der Waals surface area contributed by atoms with Crippen molar-refractivity contribution in [2.45, 2.75) is 32.9 Å². The van der Waals surface area contributed by atoms with E-state index in [0.717, 1.165) is 28.1 Å². The number of benzene rings is 2. The maximum Gasteiger partial charge on any atom is 0.273 e. The standard InChI is InChI=1S/C24H24N4O2/c1-15-9-7-8-12-20(15)23(29)26-13-19(14-26)27-17(3)21-16(2)25-28(22(21)24(27)30)18-10-5-4-6-11-18/h4-12,17,19H,13-14H2,1-3H3. The molecule has 0 N–H and O–H groups in total. The third-order valence-corrected chi connectivity index (χ3v) is 6.30. The first kappa shape index (κ1) is 18.6. The van der Waals surface area contributed by atoms with Crippen LogP contribution in [0.1, 0.15) is 50.6 Å². The van der Waals surface area contributed by atoms with Crippen molar-refractivity contribution in [3.8, 4) is 5.69 Å². The number of fused-ring (bicyclic) bond motifs is 1. The Morgan fingerprint density at radius 2 is 1.67 bits per heavy atom. The van der Waals surface area contributed by atoms with Crippen LogP contribution in [0.3, 0.4) is 0 Å². The van der Waals surface area contributed by atoms with E-state index in [1.165, 1.54) is 0 Å². The Balaban J connectivity index is 1.38. The highest BCUT2D eigenvalue weighted by Gasteiger charge is 2.47. The zero-order valence-electron chi connectivity index (χ0n) is 17.4. The summed E-state index contributed by atoms with van der Waals surface area (Å²) in [4.78, 5) is 30.0. The molecule has 3 heterocycles. The number of nitrogens with zero attached hydrogens (tertiary/aromatic N) is 4. The highest BCUT2D eigenvalue weighted by Crippen LogP contribution is 2.39. The van der Waals surface area contributed by atoms with Crippen LogP contribution >= 0.6 is 0 Å². The fourth-order valence-electron chi connectivity index (χ4n) is 4.70. The topological polar surface area (TPSA) is 58.4 Å². The van der Waals surface area contributed by atoms with Gasteiger partial charge in [-0.2, -0.15) is 5.10 Å². The van der Waals surface area contributed by atoms with Gasteiger partial charge >= 0.3 is 0 Å². The minimum atomic E-state index is -0.0503. The van der Waals surface area contributed by atoms with Crippen molar-refractivity contribution in [2.75, 3.05) is 13.1 Å². The Morgan fingerprint density at radius 3 is 2.37 bits per heavy atom. The molecule has 0 saturated carbocycles. The maximum absolute atomic E-state index is 13.4. The molecular weight excluding hydrogens is 376 g/mol. The van der Waals surface area contributed by atoms with Crippen LogP contribution in [0.4, 0.5) is 0 Å². The van der Waals surface area contributed by atoms with Gasteiger partial charge in [0.05, 0.1) is 23.5 Å². The summed E-state index contributed by atoms with van der Waals surface area (Å²) in [6, 6.07) is 17.4. The summed E-state index contributed by atoms with van der Waals surface area (Å²) >= 11 is 0. The summed E-state index contributed by atoms with van der Waals surface area (Å²) < 4.78 is 1.76. The molecule has 1 unspecified atom stereocenters. The normalized spacial score (nSPS) is 18.5. The van der Waals surface area contributed by atoms with E-state index in [-0.39, 0.29) is 23.9 Å². The van der Waals surface area contributed by atoms with Gasteiger partial charge in [-0.3, -0.25) is 9.59 Å². The molecule has 2 amide bonds. The Kier molecular flexibility index (Phi) is 4.24. The average molecular weight is 400 g/mol. The molecule has 0 aliphatic carbocycles. The summed E-state index contributed by atoms with van der Waals surface area (Å²) in [5.74, 6) is 0.0303. The van der Waals surface area contributed by atoms with Crippen molar-refractivity contribution >= 4 is 11.8 Å². The molecule has 5 rings (SSSR count). The van der Waals surface area contributed by atoms with E-state index in [9.17, 15) is 9.59 Å². The quantitative estimate of drug-likeness (QED) is 0.676. The van der Waals surface area contributed by atoms with Crippen molar-refractivity contribution < 1.29 is 9.59 Å². The zero-order valence-corrected chi connectivity index (χ0v) is 17.4. The lowest BCUT2D eigenvalue weighted by Crippen LogP contribution is -2.61. The lowest BCUT2D eigenvalue weighted by atomic mass is 10.0. The largest absolute Gasteiger partial charge is 0.334 e. The Hall–Kier alpha value is -3.41. The second kappa shape index (κ2) is 6.83. The maximum atomic E-state index is 13.4. The molecule has 152 valence electrons. The molecule has 0 spiro atoms. The summed E-state index contributed by atoms with van der Waals surface area (Å²) in [6.07, 6.45) is 0. The molecule has 0 radical (unpaired) electrons. The number of aromatic nitrogens is 2. The number of rotatable bonds is 3. The van der Waals surface area contributed by atoms with E-state index in [1.54, 1.807) is 4.68 Å². The van der Waals surface area contributed by atoms with Gasteiger partial charge < -0.3 is 9.80 Å². The number of carbonyl (C=O) groups excluding carboxylic acids is 2. The zero-order chi connectivity index (χ0) is 21.0. The molecule has 2 aliphatic rings. The number of hydrogen-bond donors (Lipinski definition) is 0. The molecule has 30 heavy (non-hydrogen) atoms. The third-order valence-electron chi connectivity index (χ3n) is 6.30. The molecule has 1 aromatic heterocycles. The molecular formula is C24H24N4O2. The fourth-order valence-corrected chi connectivity index (χ4v) is 4.70. The van der Waals surface area contributed by atoms with Gasteiger partial charge in [0.15, 0.2) is 0 Å². The number of carbonyl (C=O) groups is 2. The lowest BCUT2D eigenvalue weighted by molar-refractivity contribution is 0.0163. The SMILES string of the molecule is Cc1ccccc1C(=O)N1CC(N2C(=O)c3c(c(C)nn3-c3ccccc3)C2C)C1. The van der Waals surface area contributed by atoms with Gasteiger partial charge in [-0.05, 0) is 44.5 Å². The van der Waals surface area contributed by atoms with E-state index < -0.39 is 0 Å². The average Bonchev–Trinajstić information content (AvgIpc) is 3.19. The van der Waals surface area contributed by atoms with E-state index in [0.29, 0.717) is 18.8 Å². The van der Waals surface area contributed by atoms with Crippen molar-refractivity contribution in [1.29, 1.82) is 0 Å². The van der Waals surface area contributed by atoms with Crippen LogP contribution in [0.15, 0.2) is 54.6 Å². The number of likely N-dealkylation sites (tertiary alicyclic amines) is 1. The van der Waals surface area contributed by atoms with Crippen LogP contribution in [0, 0.1) is 13.8 Å².